The third kappa shape index (κ3) is 2.10. The fourth-order valence-electron chi connectivity index (χ4n) is 4.08. The van der Waals surface area contributed by atoms with Gasteiger partial charge in [-0.2, -0.15) is 0 Å². The molecule has 1 spiro atoms. The Labute approximate surface area is 161 Å². The van der Waals surface area contributed by atoms with Gasteiger partial charge in [0.25, 0.3) is 0 Å². The van der Waals surface area contributed by atoms with E-state index in [9.17, 15) is 15.0 Å². The molecule has 5 nitrogen and oxygen atoms in total. The zero-order valence-corrected chi connectivity index (χ0v) is 15.4. The molecule has 0 amide bonds. The SMILES string of the molecule is CC(C)c1ccc2c(c1)C(=O)OC21c2ccc(O)cc2Oc2cc(O)ccc21. The van der Waals surface area contributed by atoms with E-state index < -0.39 is 11.6 Å². The van der Waals surface area contributed by atoms with E-state index in [4.69, 9.17) is 9.47 Å². The van der Waals surface area contributed by atoms with E-state index in [2.05, 4.69) is 13.8 Å². The maximum Gasteiger partial charge on any atom is 0.340 e. The number of carbonyl (C=O) groups is 1. The number of phenols is 2. The highest BCUT2D eigenvalue weighted by atomic mass is 16.6. The number of esters is 1. The van der Waals surface area contributed by atoms with Crippen molar-refractivity contribution in [2.24, 2.45) is 0 Å². The summed E-state index contributed by atoms with van der Waals surface area (Å²) in [7, 11) is 0. The maximum atomic E-state index is 12.9. The molecule has 2 aliphatic heterocycles. The van der Waals surface area contributed by atoms with Crippen molar-refractivity contribution >= 4 is 5.97 Å². The van der Waals surface area contributed by atoms with Crippen LogP contribution in [0.5, 0.6) is 23.0 Å². The lowest BCUT2D eigenvalue weighted by Gasteiger charge is -2.36. The first-order chi connectivity index (χ1) is 13.4. The highest BCUT2D eigenvalue weighted by Gasteiger charge is 2.53. The topological polar surface area (TPSA) is 76.0 Å². The fraction of sp³-hybridized carbons (Fsp3) is 0.174. The van der Waals surface area contributed by atoms with Crippen LogP contribution in [-0.2, 0) is 10.3 Å². The molecule has 5 heteroatoms. The number of benzene rings is 3. The minimum Gasteiger partial charge on any atom is -0.508 e. The van der Waals surface area contributed by atoms with Gasteiger partial charge in [-0.05, 0) is 41.8 Å². The van der Waals surface area contributed by atoms with Crippen LogP contribution in [0.15, 0.2) is 54.6 Å². The molecule has 3 aromatic rings. The van der Waals surface area contributed by atoms with Crippen molar-refractivity contribution < 1.29 is 24.5 Å². The summed E-state index contributed by atoms with van der Waals surface area (Å²) in [4.78, 5) is 12.9. The lowest BCUT2D eigenvalue weighted by molar-refractivity contribution is 0.0224. The standard InChI is InChI=1S/C23H18O5/c1-12(2)13-3-6-17-16(9-13)22(26)28-23(17)18-7-4-14(24)10-20(18)27-21-11-15(25)5-8-19(21)23/h3-12,24-25H,1-2H3. The molecular formula is C23H18O5. The Morgan fingerprint density at radius 2 is 1.39 bits per heavy atom. The Hall–Kier alpha value is -3.47. The summed E-state index contributed by atoms with van der Waals surface area (Å²) in [5.41, 5.74) is 2.37. The zero-order valence-electron chi connectivity index (χ0n) is 15.4. The molecule has 0 saturated heterocycles. The molecule has 2 aliphatic rings. The highest BCUT2D eigenvalue weighted by Crippen LogP contribution is 2.57. The number of hydrogen-bond acceptors (Lipinski definition) is 5. The van der Waals surface area contributed by atoms with Gasteiger partial charge in [0.15, 0.2) is 5.60 Å². The van der Waals surface area contributed by atoms with Crippen LogP contribution in [-0.4, -0.2) is 16.2 Å². The van der Waals surface area contributed by atoms with E-state index >= 15 is 0 Å². The van der Waals surface area contributed by atoms with Gasteiger partial charge in [-0.25, -0.2) is 4.79 Å². The van der Waals surface area contributed by atoms with Gasteiger partial charge in [0.2, 0.25) is 0 Å². The minimum absolute atomic E-state index is 0.0391. The molecule has 5 rings (SSSR count). The van der Waals surface area contributed by atoms with Crippen LogP contribution in [0.25, 0.3) is 0 Å². The van der Waals surface area contributed by atoms with Crippen molar-refractivity contribution in [2.45, 2.75) is 25.4 Å². The normalized spacial score (nSPS) is 15.6. The van der Waals surface area contributed by atoms with Gasteiger partial charge in [-0.3, -0.25) is 0 Å². The van der Waals surface area contributed by atoms with Crippen LogP contribution in [0.2, 0.25) is 0 Å². The van der Waals surface area contributed by atoms with Gasteiger partial charge in [-0.15, -0.1) is 0 Å². The number of rotatable bonds is 1. The molecule has 140 valence electrons. The molecule has 0 fully saturated rings. The average molecular weight is 374 g/mol. The van der Waals surface area contributed by atoms with Crippen LogP contribution in [0, 0.1) is 0 Å². The van der Waals surface area contributed by atoms with E-state index in [0.717, 1.165) is 11.1 Å². The average Bonchev–Trinajstić information content (AvgIpc) is 2.94. The summed E-state index contributed by atoms with van der Waals surface area (Å²) < 4.78 is 12.0. The second-order valence-electron chi connectivity index (χ2n) is 7.49. The van der Waals surface area contributed by atoms with Crippen molar-refractivity contribution in [1.82, 2.24) is 0 Å². The van der Waals surface area contributed by atoms with Crippen LogP contribution in [0.3, 0.4) is 0 Å². The quantitative estimate of drug-likeness (QED) is 0.599. The maximum absolute atomic E-state index is 12.9. The predicted octanol–water partition coefficient (Wildman–Crippen LogP) is 4.79. The molecule has 0 saturated carbocycles. The van der Waals surface area contributed by atoms with E-state index in [0.29, 0.717) is 28.2 Å². The second-order valence-corrected chi connectivity index (χ2v) is 7.49. The van der Waals surface area contributed by atoms with E-state index in [1.165, 1.54) is 12.1 Å². The van der Waals surface area contributed by atoms with E-state index in [1.54, 1.807) is 24.3 Å². The van der Waals surface area contributed by atoms with Crippen molar-refractivity contribution in [3.05, 3.63) is 82.4 Å². The van der Waals surface area contributed by atoms with Crippen molar-refractivity contribution in [1.29, 1.82) is 0 Å². The van der Waals surface area contributed by atoms with Gasteiger partial charge in [-0.1, -0.05) is 26.0 Å². The van der Waals surface area contributed by atoms with Crippen LogP contribution in [0.4, 0.5) is 0 Å². The van der Waals surface area contributed by atoms with Crippen LogP contribution >= 0.6 is 0 Å². The molecule has 0 aliphatic carbocycles. The molecule has 3 aromatic carbocycles. The number of aromatic hydroxyl groups is 2. The Morgan fingerprint density at radius 3 is 1.96 bits per heavy atom. The van der Waals surface area contributed by atoms with Crippen LogP contribution < -0.4 is 4.74 Å². The summed E-state index contributed by atoms with van der Waals surface area (Å²) in [5.74, 6) is 0.711. The molecule has 0 atom stereocenters. The summed E-state index contributed by atoms with van der Waals surface area (Å²) >= 11 is 0. The lowest BCUT2D eigenvalue weighted by Crippen LogP contribution is -2.32. The third-order valence-electron chi connectivity index (χ3n) is 5.46. The first kappa shape index (κ1) is 16.7. The first-order valence-corrected chi connectivity index (χ1v) is 9.13. The van der Waals surface area contributed by atoms with Gasteiger partial charge in [0.05, 0.1) is 5.56 Å². The minimum atomic E-state index is -1.19. The molecule has 0 unspecified atom stereocenters. The van der Waals surface area contributed by atoms with Crippen molar-refractivity contribution in [2.75, 3.05) is 0 Å². The Morgan fingerprint density at radius 1 is 0.821 bits per heavy atom. The zero-order chi connectivity index (χ0) is 19.6. The molecule has 2 heterocycles. The lowest BCUT2D eigenvalue weighted by atomic mass is 9.77. The number of phenolic OH excluding ortho intramolecular Hbond substituents is 2. The number of fused-ring (bicyclic) bond motifs is 6. The van der Waals surface area contributed by atoms with Gasteiger partial charge in [0, 0.05) is 28.8 Å². The molecule has 2 N–H and O–H groups in total. The molecule has 28 heavy (non-hydrogen) atoms. The number of hydrogen-bond donors (Lipinski definition) is 2. The summed E-state index contributed by atoms with van der Waals surface area (Å²) in [6.07, 6.45) is 0. The second kappa shape index (κ2) is 5.52. The van der Waals surface area contributed by atoms with Crippen molar-refractivity contribution in [3.63, 3.8) is 0 Å². The molecular weight excluding hydrogens is 356 g/mol. The van der Waals surface area contributed by atoms with Crippen LogP contribution in [0.1, 0.15) is 52.4 Å². The van der Waals surface area contributed by atoms with E-state index in [-0.39, 0.29) is 17.4 Å². The summed E-state index contributed by atoms with van der Waals surface area (Å²) in [6.45, 7) is 4.14. The summed E-state index contributed by atoms with van der Waals surface area (Å²) in [6, 6.07) is 15.3. The third-order valence-corrected chi connectivity index (χ3v) is 5.46. The molecule has 0 aromatic heterocycles. The van der Waals surface area contributed by atoms with Gasteiger partial charge in [0.1, 0.15) is 23.0 Å². The monoisotopic (exact) mass is 374 g/mol. The Bertz CT molecular complexity index is 1090. The predicted molar refractivity (Wildman–Crippen MR) is 102 cm³/mol. The molecule has 0 bridgehead atoms. The fourth-order valence-corrected chi connectivity index (χ4v) is 4.08. The Balaban J connectivity index is 1.85. The van der Waals surface area contributed by atoms with E-state index in [1.807, 2.05) is 18.2 Å². The summed E-state index contributed by atoms with van der Waals surface area (Å²) in [5, 5.41) is 19.9. The number of carbonyl (C=O) groups excluding carboxylic acids is 1. The highest BCUT2D eigenvalue weighted by molar-refractivity contribution is 5.97. The first-order valence-electron chi connectivity index (χ1n) is 9.13. The van der Waals surface area contributed by atoms with Crippen molar-refractivity contribution in [3.8, 4) is 23.0 Å². The Kier molecular flexibility index (Phi) is 3.29. The smallest absolute Gasteiger partial charge is 0.340 e. The number of ether oxygens (including phenoxy) is 2. The van der Waals surface area contributed by atoms with Gasteiger partial charge < -0.3 is 19.7 Å². The van der Waals surface area contributed by atoms with Gasteiger partial charge >= 0.3 is 5.97 Å². The molecule has 0 radical (unpaired) electrons. The largest absolute Gasteiger partial charge is 0.508 e.